The van der Waals surface area contributed by atoms with Crippen molar-refractivity contribution in [1.29, 1.82) is 0 Å². The van der Waals surface area contributed by atoms with E-state index in [9.17, 15) is 13.2 Å². The number of carbonyl (C=O) groups excluding carboxylic acids is 1. The summed E-state index contributed by atoms with van der Waals surface area (Å²) in [6.45, 7) is 2.71. The van der Waals surface area contributed by atoms with E-state index < -0.39 is 9.84 Å². The van der Waals surface area contributed by atoms with Crippen LogP contribution >= 0.6 is 23.2 Å². The zero-order valence-corrected chi connectivity index (χ0v) is 20.8. The number of nitrogens with zero attached hydrogens (tertiary/aromatic N) is 2. The standard InChI is InChI=1S/C23H28Cl2N4O3S/c1-29(14-10-17-4-6-18(7-5-17)23-27-12-13-28-23)22(30)3-2-11-26-16-33(31,32)21-15-19(24)8-9-20(21)25/h4-9,15,26H,2-3,10-14,16H2,1H3,(H,27,28). The summed E-state index contributed by atoms with van der Waals surface area (Å²) in [6, 6.07) is 12.6. The lowest BCUT2D eigenvalue weighted by Gasteiger charge is -2.17. The van der Waals surface area contributed by atoms with Crippen LogP contribution in [0.2, 0.25) is 10.0 Å². The molecule has 2 aromatic carbocycles. The van der Waals surface area contributed by atoms with Crippen LogP contribution in [0, 0.1) is 0 Å². The van der Waals surface area contributed by atoms with Gasteiger partial charge in [-0.15, -0.1) is 0 Å². The van der Waals surface area contributed by atoms with E-state index >= 15 is 0 Å². The van der Waals surface area contributed by atoms with Gasteiger partial charge in [0.25, 0.3) is 0 Å². The second-order valence-corrected chi connectivity index (χ2v) is 10.7. The number of halogens is 2. The molecule has 1 aliphatic rings. The quantitative estimate of drug-likeness (QED) is 0.453. The molecule has 0 aliphatic carbocycles. The van der Waals surface area contributed by atoms with Gasteiger partial charge in [-0.2, -0.15) is 0 Å². The maximum absolute atomic E-state index is 12.4. The molecule has 0 aromatic heterocycles. The molecule has 7 nitrogen and oxygen atoms in total. The van der Waals surface area contributed by atoms with Crippen LogP contribution in [0.4, 0.5) is 0 Å². The molecule has 178 valence electrons. The van der Waals surface area contributed by atoms with Gasteiger partial charge in [-0.25, -0.2) is 8.42 Å². The molecule has 1 amide bonds. The molecule has 0 saturated heterocycles. The molecule has 1 aliphatic heterocycles. The fraction of sp³-hybridized carbons (Fsp3) is 0.391. The summed E-state index contributed by atoms with van der Waals surface area (Å²) in [6.07, 6.45) is 1.64. The summed E-state index contributed by atoms with van der Waals surface area (Å²) >= 11 is 11.9. The lowest BCUT2D eigenvalue weighted by atomic mass is 10.1. The maximum atomic E-state index is 12.4. The van der Waals surface area contributed by atoms with Crippen molar-refractivity contribution in [3.8, 4) is 0 Å². The summed E-state index contributed by atoms with van der Waals surface area (Å²) in [5, 5.41) is 6.57. The average Bonchev–Trinajstić information content (AvgIpc) is 3.34. The van der Waals surface area contributed by atoms with E-state index in [1.165, 1.54) is 18.2 Å². The van der Waals surface area contributed by atoms with Crippen LogP contribution in [-0.2, 0) is 21.1 Å². The molecule has 10 heteroatoms. The molecule has 0 spiro atoms. The van der Waals surface area contributed by atoms with E-state index in [1.807, 2.05) is 12.1 Å². The van der Waals surface area contributed by atoms with E-state index in [1.54, 1.807) is 11.9 Å². The zero-order valence-electron chi connectivity index (χ0n) is 18.5. The fourth-order valence-electron chi connectivity index (χ4n) is 3.40. The van der Waals surface area contributed by atoms with Gasteiger partial charge in [0.2, 0.25) is 5.91 Å². The molecular weight excluding hydrogens is 483 g/mol. The van der Waals surface area contributed by atoms with Gasteiger partial charge in [0, 0.05) is 37.1 Å². The molecule has 0 atom stereocenters. The van der Waals surface area contributed by atoms with Crippen LogP contribution in [0.15, 0.2) is 52.4 Å². The normalized spacial score (nSPS) is 13.5. The topological polar surface area (TPSA) is 90.9 Å². The Morgan fingerprint density at radius 2 is 1.94 bits per heavy atom. The number of hydrogen-bond acceptors (Lipinski definition) is 6. The smallest absolute Gasteiger partial charge is 0.222 e. The maximum Gasteiger partial charge on any atom is 0.222 e. The van der Waals surface area contributed by atoms with E-state index in [2.05, 4.69) is 27.8 Å². The lowest BCUT2D eigenvalue weighted by Crippen LogP contribution is -2.30. The van der Waals surface area contributed by atoms with Gasteiger partial charge < -0.3 is 15.5 Å². The summed E-state index contributed by atoms with van der Waals surface area (Å²) < 4.78 is 24.9. The molecule has 2 N–H and O–H groups in total. The zero-order chi connectivity index (χ0) is 23.8. The first-order chi connectivity index (χ1) is 15.8. The highest BCUT2D eigenvalue weighted by Gasteiger charge is 2.18. The van der Waals surface area contributed by atoms with Gasteiger partial charge in [0.1, 0.15) is 11.7 Å². The first-order valence-corrected chi connectivity index (χ1v) is 13.2. The number of hydrogen-bond donors (Lipinski definition) is 2. The van der Waals surface area contributed by atoms with Gasteiger partial charge in [-0.05, 0) is 43.1 Å². The third kappa shape index (κ3) is 7.43. The Bertz CT molecular complexity index is 1110. The molecule has 0 radical (unpaired) electrons. The van der Waals surface area contributed by atoms with E-state index in [0.717, 1.165) is 36.5 Å². The Morgan fingerprint density at radius 3 is 2.64 bits per heavy atom. The van der Waals surface area contributed by atoms with Gasteiger partial charge in [0.05, 0.1) is 16.5 Å². The number of amidine groups is 1. The first kappa shape index (κ1) is 25.5. The van der Waals surface area contributed by atoms with Crippen molar-refractivity contribution >= 4 is 44.8 Å². The number of rotatable bonds is 11. The number of likely N-dealkylation sites (N-methyl/N-ethyl adjacent to an activating group) is 1. The lowest BCUT2D eigenvalue weighted by molar-refractivity contribution is -0.129. The van der Waals surface area contributed by atoms with Crippen molar-refractivity contribution < 1.29 is 13.2 Å². The molecule has 1 heterocycles. The van der Waals surface area contributed by atoms with E-state index in [0.29, 0.717) is 31.0 Å². The second kappa shape index (κ2) is 11.8. The SMILES string of the molecule is CN(CCc1ccc(C2=NCCN2)cc1)C(=O)CCCNCS(=O)(=O)c1cc(Cl)ccc1Cl. The van der Waals surface area contributed by atoms with Crippen molar-refractivity contribution in [1.82, 2.24) is 15.5 Å². The highest BCUT2D eigenvalue weighted by molar-refractivity contribution is 7.91. The van der Waals surface area contributed by atoms with Gasteiger partial charge >= 0.3 is 0 Å². The Kier molecular flexibility index (Phi) is 9.14. The molecule has 0 fully saturated rings. The van der Waals surface area contributed by atoms with Crippen LogP contribution in [0.1, 0.15) is 24.0 Å². The van der Waals surface area contributed by atoms with Gasteiger partial charge in [0.15, 0.2) is 9.84 Å². The van der Waals surface area contributed by atoms with Crippen LogP contribution < -0.4 is 10.6 Å². The van der Waals surface area contributed by atoms with Crippen molar-refractivity contribution in [2.24, 2.45) is 4.99 Å². The molecule has 33 heavy (non-hydrogen) atoms. The summed E-state index contributed by atoms with van der Waals surface area (Å²) in [7, 11) is -1.83. The second-order valence-electron chi connectivity index (χ2n) is 7.86. The predicted octanol–water partition coefficient (Wildman–Crippen LogP) is 3.15. The van der Waals surface area contributed by atoms with E-state index in [4.69, 9.17) is 23.2 Å². The van der Waals surface area contributed by atoms with Gasteiger partial charge in [-0.3, -0.25) is 9.79 Å². The molecular formula is C23H28Cl2N4O3S. The van der Waals surface area contributed by atoms with Crippen LogP contribution in [0.5, 0.6) is 0 Å². The third-order valence-electron chi connectivity index (χ3n) is 5.33. The van der Waals surface area contributed by atoms with Gasteiger partial charge in [-0.1, -0.05) is 47.5 Å². The highest BCUT2D eigenvalue weighted by Crippen LogP contribution is 2.25. The minimum absolute atomic E-state index is 0.000465. The minimum Gasteiger partial charge on any atom is -0.368 e. The largest absolute Gasteiger partial charge is 0.368 e. The molecule has 0 unspecified atom stereocenters. The summed E-state index contributed by atoms with van der Waals surface area (Å²) in [4.78, 5) is 18.5. The Balaban J connectivity index is 1.36. The third-order valence-corrected chi connectivity index (χ3v) is 7.60. The summed E-state index contributed by atoms with van der Waals surface area (Å²) in [5.74, 6) is 0.694. The molecule has 2 aromatic rings. The molecule has 0 bridgehead atoms. The number of nitrogens with one attached hydrogen (secondary N) is 2. The first-order valence-electron chi connectivity index (χ1n) is 10.8. The molecule has 3 rings (SSSR count). The number of benzene rings is 2. The number of carbonyl (C=O) groups is 1. The number of amides is 1. The summed E-state index contributed by atoms with van der Waals surface area (Å²) in [5.41, 5.74) is 2.23. The van der Waals surface area contributed by atoms with Crippen LogP contribution in [0.3, 0.4) is 0 Å². The Labute approximate surface area is 205 Å². The van der Waals surface area contributed by atoms with Crippen LogP contribution in [0.25, 0.3) is 0 Å². The van der Waals surface area contributed by atoms with Crippen LogP contribution in [-0.4, -0.2) is 64.2 Å². The predicted molar refractivity (Wildman–Crippen MR) is 133 cm³/mol. The monoisotopic (exact) mass is 510 g/mol. The fourth-order valence-corrected chi connectivity index (χ4v) is 5.34. The van der Waals surface area contributed by atoms with Crippen molar-refractivity contribution in [2.75, 3.05) is 39.1 Å². The van der Waals surface area contributed by atoms with E-state index in [-0.39, 0.29) is 21.7 Å². The highest BCUT2D eigenvalue weighted by atomic mass is 35.5. The number of aliphatic imine (C=N–C) groups is 1. The van der Waals surface area contributed by atoms with Crippen molar-refractivity contribution in [2.45, 2.75) is 24.2 Å². The van der Waals surface area contributed by atoms with Crippen molar-refractivity contribution in [3.05, 3.63) is 63.6 Å². The Hall–Kier alpha value is -2.13. The van der Waals surface area contributed by atoms with Crippen molar-refractivity contribution in [3.63, 3.8) is 0 Å². The Morgan fingerprint density at radius 1 is 1.18 bits per heavy atom. The average molecular weight is 511 g/mol. The molecule has 0 saturated carbocycles. The number of sulfone groups is 1. The minimum atomic E-state index is -3.61.